The minimum absolute atomic E-state index is 0. The Labute approximate surface area is 79.7 Å². The van der Waals surface area contributed by atoms with E-state index in [1.807, 2.05) is 6.92 Å². The molecular weight excluding hydrogens is 176 g/mol. The average molecular weight is 193 g/mol. The first kappa shape index (κ1) is 11.7. The predicted molar refractivity (Wildman–Crippen MR) is 51.6 cm³/mol. The first-order chi connectivity index (χ1) is 5.33. The first-order valence-electron chi connectivity index (χ1n) is 4.33. The van der Waals surface area contributed by atoms with E-state index in [1.54, 1.807) is 0 Å². The Morgan fingerprint density at radius 3 is 2.92 bits per heavy atom. The Balaban J connectivity index is 0.00000121. The SMILES string of the molecule is CCC(=O)N[C@H]1CCCNC1.Cl. The highest BCUT2D eigenvalue weighted by molar-refractivity contribution is 5.85. The predicted octanol–water partition coefficient (Wildman–Crippen LogP) is 0.686. The Morgan fingerprint density at radius 1 is 1.67 bits per heavy atom. The van der Waals surface area contributed by atoms with Crippen LogP contribution in [0.4, 0.5) is 0 Å². The molecule has 2 N–H and O–H groups in total. The summed E-state index contributed by atoms with van der Waals surface area (Å²) < 4.78 is 0. The van der Waals surface area contributed by atoms with Gasteiger partial charge in [0, 0.05) is 19.0 Å². The first-order valence-corrected chi connectivity index (χ1v) is 4.33. The van der Waals surface area contributed by atoms with Crippen LogP contribution in [0.2, 0.25) is 0 Å². The van der Waals surface area contributed by atoms with E-state index in [1.165, 1.54) is 6.42 Å². The topological polar surface area (TPSA) is 41.1 Å². The van der Waals surface area contributed by atoms with Crippen LogP contribution in [-0.4, -0.2) is 25.0 Å². The van der Waals surface area contributed by atoms with E-state index in [0.717, 1.165) is 19.5 Å². The summed E-state index contributed by atoms with van der Waals surface area (Å²) in [5, 5.41) is 6.22. The van der Waals surface area contributed by atoms with Gasteiger partial charge in [0.2, 0.25) is 5.91 Å². The quantitative estimate of drug-likeness (QED) is 0.676. The third-order valence-electron chi connectivity index (χ3n) is 1.98. The minimum atomic E-state index is 0. The van der Waals surface area contributed by atoms with E-state index < -0.39 is 0 Å². The molecule has 0 aliphatic carbocycles. The molecule has 1 saturated heterocycles. The molecule has 1 atom stereocenters. The molecular formula is C8H17ClN2O. The lowest BCUT2D eigenvalue weighted by atomic mass is 10.1. The third-order valence-corrected chi connectivity index (χ3v) is 1.98. The molecule has 0 radical (unpaired) electrons. The van der Waals surface area contributed by atoms with Crippen molar-refractivity contribution >= 4 is 18.3 Å². The van der Waals surface area contributed by atoms with Crippen LogP contribution < -0.4 is 10.6 Å². The zero-order valence-corrected chi connectivity index (χ0v) is 8.25. The second kappa shape index (κ2) is 6.26. The second-order valence-electron chi connectivity index (χ2n) is 2.96. The van der Waals surface area contributed by atoms with Crippen LogP contribution in [0.3, 0.4) is 0 Å². The standard InChI is InChI=1S/C8H16N2O.ClH/c1-2-8(11)10-7-4-3-5-9-6-7;/h7,9H,2-6H2,1H3,(H,10,11);1H/t7-;/m0./s1. The molecule has 1 heterocycles. The molecule has 12 heavy (non-hydrogen) atoms. The molecule has 0 saturated carbocycles. The summed E-state index contributed by atoms with van der Waals surface area (Å²) in [7, 11) is 0. The molecule has 1 fully saturated rings. The van der Waals surface area contributed by atoms with Gasteiger partial charge in [0.1, 0.15) is 0 Å². The van der Waals surface area contributed by atoms with Crippen molar-refractivity contribution in [3.05, 3.63) is 0 Å². The van der Waals surface area contributed by atoms with Crippen LogP contribution in [0.25, 0.3) is 0 Å². The molecule has 1 aliphatic heterocycles. The summed E-state index contributed by atoms with van der Waals surface area (Å²) in [6.07, 6.45) is 2.89. The molecule has 0 unspecified atom stereocenters. The average Bonchev–Trinajstić information content (AvgIpc) is 2.06. The summed E-state index contributed by atoms with van der Waals surface area (Å²) in [6.45, 7) is 3.91. The van der Waals surface area contributed by atoms with E-state index in [-0.39, 0.29) is 18.3 Å². The fourth-order valence-electron chi connectivity index (χ4n) is 1.30. The fraction of sp³-hybridized carbons (Fsp3) is 0.875. The van der Waals surface area contributed by atoms with Crippen molar-refractivity contribution in [1.82, 2.24) is 10.6 Å². The maximum Gasteiger partial charge on any atom is 0.219 e. The number of amides is 1. The normalized spacial score (nSPS) is 22.6. The van der Waals surface area contributed by atoms with Crippen LogP contribution in [0.1, 0.15) is 26.2 Å². The lowest BCUT2D eigenvalue weighted by Gasteiger charge is -2.23. The largest absolute Gasteiger partial charge is 0.352 e. The highest BCUT2D eigenvalue weighted by Gasteiger charge is 2.13. The van der Waals surface area contributed by atoms with Gasteiger partial charge in [0.25, 0.3) is 0 Å². The lowest BCUT2D eigenvalue weighted by molar-refractivity contribution is -0.121. The van der Waals surface area contributed by atoms with Crippen LogP contribution in [0.5, 0.6) is 0 Å². The summed E-state index contributed by atoms with van der Waals surface area (Å²) in [5.74, 6) is 0.165. The van der Waals surface area contributed by atoms with Gasteiger partial charge in [-0.05, 0) is 19.4 Å². The van der Waals surface area contributed by atoms with Crippen molar-refractivity contribution in [1.29, 1.82) is 0 Å². The molecule has 0 bridgehead atoms. The number of rotatable bonds is 2. The zero-order valence-electron chi connectivity index (χ0n) is 7.43. The Morgan fingerprint density at radius 2 is 2.42 bits per heavy atom. The number of carbonyl (C=O) groups excluding carboxylic acids is 1. The third kappa shape index (κ3) is 3.93. The second-order valence-corrected chi connectivity index (χ2v) is 2.96. The van der Waals surface area contributed by atoms with E-state index >= 15 is 0 Å². The van der Waals surface area contributed by atoms with Gasteiger partial charge in [0.05, 0.1) is 0 Å². The summed E-state index contributed by atoms with van der Waals surface area (Å²) >= 11 is 0. The van der Waals surface area contributed by atoms with Gasteiger partial charge in [-0.25, -0.2) is 0 Å². The van der Waals surface area contributed by atoms with Gasteiger partial charge in [-0.1, -0.05) is 6.92 Å². The maximum atomic E-state index is 10.9. The van der Waals surface area contributed by atoms with Gasteiger partial charge in [-0.3, -0.25) is 4.79 Å². The maximum absolute atomic E-state index is 10.9. The van der Waals surface area contributed by atoms with E-state index in [0.29, 0.717) is 12.5 Å². The lowest BCUT2D eigenvalue weighted by Crippen LogP contribution is -2.45. The molecule has 1 amide bonds. The van der Waals surface area contributed by atoms with Crippen molar-refractivity contribution < 1.29 is 4.79 Å². The summed E-state index contributed by atoms with van der Waals surface area (Å²) in [4.78, 5) is 10.9. The van der Waals surface area contributed by atoms with Gasteiger partial charge >= 0.3 is 0 Å². The molecule has 1 aliphatic rings. The van der Waals surface area contributed by atoms with Crippen LogP contribution >= 0.6 is 12.4 Å². The highest BCUT2D eigenvalue weighted by atomic mass is 35.5. The molecule has 0 spiro atoms. The smallest absolute Gasteiger partial charge is 0.219 e. The van der Waals surface area contributed by atoms with Gasteiger partial charge < -0.3 is 10.6 Å². The van der Waals surface area contributed by atoms with Crippen molar-refractivity contribution in [3.63, 3.8) is 0 Å². The summed E-state index contributed by atoms with van der Waals surface area (Å²) in [6, 6.07) is 0.371. The Kier molecular flexibility index (Phi) is 6.11. The number of carbonyl (C=O) groups is 1. The van der Waals surface area contributed by atoms with Crippen LogP contribution in [-0.2, 0) is 4.79 Å². The molecule has 0 aromatic carbocycles. The van der Waals surface area contributed by atoms with Crippen molar-refractivity contribution in [2.24, 2.45) is 0 Å². The zero-order chi connectivity index (χ0) is 8.10. The van der Waals surface area contributed by atoms with E-state index in [9.17, 15) is 4.79 Å². The number of hydrogen-bond donors (Lipinski definition) is 2. The molecule has 72 valence electrons. The van der Waals surface area contributed by atoms with Gasteiger partial charge in [0.15, 0.2) is 0 Å². The van der Waals surface area contributed by atoms with Gasteiger partial charge in [-0.2, -0.15) is 0 Å². The number of nitrogens with one attached hydrogen (secondary N) is 2. The van der Waals surface area contributed by atoms with E-state index in [4.69, 9.17) is 0 Å². The Hall–Kier alpha value is -0.280. The molecule has 0 aromatic heterocycles. The fourth-order valence-corrected chi connectivity index (χ4v) is 1.30. The summed E-state index contributed by atoms with van der Waals surface area (Å²) in [5.41, 5.74) is 0. The number of piperidine rings is 1. The van der Waals surface area contributed by atoms with Crippen LogP contribution in [0, 0.1) is 0 Å². The highest BCUT2D eigenvalue weighted by Crippen LogP contribution is 2.00. The molecule has 0 aromatic rings. The molecule has 1 rings (SSSR count). The van der Waals surface area contributed by atoms with Crippen molar-refractivity contribution in [2.75, 3.05) is 13.1 Å². The number of hydrogen-bond acceptors (Lipinski definition) is 2. The molecule has 3 nitrogen and oxygen atoms in total. The van der Waals surface area contributed by atoms with Gasteiger partial charge in [-0.15, -0.1) is 12.4 Å². The monoisotopic (exact) mass is 192 g/mol. The number of halogens is 1. The van der Waals surface area contributed by atoms with E-state index in [2.05, 4.69) is 10.6 Å². The Bertz CT molecular complexity index is 135. The minimum Gasteiger partial charge on any atom is -0.352 e. The van der Waals surface area contributed by atoms with Crippen LogP contribution in [0.15, 0.2) is 0 Å². The van der Waals surface area contributed by atoms with Crippen molar-refractivity contribution in [2.45, 2.75) is 32.2 Å². The van der Waals surface area contributed by atoms with Crippen molar-refractivity contribution in [3.8, 4) is 0 Å². The molecule has 4 heteroatoms.